The van der Waals surface area contributed by atoms with Gasteiger partial charge in [-0.15, -0.1) is 0 Å². The third-order valence-electron chi connectivity index (χ3n) is 19.4. The standard InChI is InChI=1S/C82H163N2O6P/c1-6-8-10-12-14-16-18-20-22-24-26-28-30-32-34-36-38-39-40-41-42-43-44-46-48-50-52-54-56-58-60-62-64-66-68-70-72-74-76-82(86)83-80(79-90-91(87,88)89-78-77-84(3,4)5)81(85)75-73-71-69-67-65-63-61-59-57-55-53-51-49-47-45-37-35-33-31-29-27-25-23-21-19-17-15-13-11-9-7-2/h65,67,73,75,80-81,85H,6-64,66,68-72,74,76-79H2,1-5H3,(H-,83,86,87,88)/p+1/b67-65+,75-73+. The monoisotopic (exact) mass is 1300 g/mol. The van der Waals surface area contributed by atoms with Crippen LogP contribution in [0, 0.1) is 0 Å². The third kappa shape index (κ3) is 76.2. The molecule has 0 fully saturated rings. The number of carbonyl (C=O) groups excluding carboxylic acids is 1. The predicted molar refractivity (Wildman–Crippen MR) is 402 cm³/mol. The quantitative estimate of drug-likeness (QED) is 0.0243. The average molecular weight is 1310 g/mol. The number of carbonyl (C=O) groups is 1. The number of nitrogens with zero attached hydrogens (tertiary/aromatic N) is 1. The first kappa shape index (κ1) is 90.0. The molecule has 0 aromatic carbocycles. The fourth-order valence-electron chi connectivity index (χ4n) is 13.1. The van der Waals surface area contributed by atoms with Crippen LogP contribution in [0.15, 0.2) is 24.3 Å². The van der Waals surface area contributed by atoms with Crippen molar-refractivity contribution in [2.45, 2.75) is 456 Å². The molecule has 0 aliphatic heterocycles. The van der Waals surface area contributed by atoms with Crippen LogP contribution in [0.5, 0.6) is 0 Å². The van der Waals surface area contributed by atoms with E-state index in [9.17, 15) is 19.4 Å². The molecule has 0 saturated heterocycles. The van der Waals surface area contributed by atoms with E-state index in [0.717, 1.165) is 38.5 Å². The lowest BCUT2D eigenvalue weighted by molar-refractivity contribution is -0.870. The Hall–Kier alpha value is -1.02. The number of amides is 1. The van der Waals surface area contributed by atoms with Crippen molar-refractivity contribution in [1.82, 2.24) is 5.32 Å². The minimum atomic E-state index is -4.36. The van der Waals surface area contributed by atoms with Gasteiger partial charge >= 0.3 is 7.82 Å². The zero-order chi connectivity index (χ0) is 66.2. The highest BCUT2D eigenvalue weighted by atomic mass is 31.2. The van der Waals surface area contributed by atoms with Gasteiger partial charge in [-0.1, -0.05) is 430 Å². The number of aliphatic hydroxyl groups excluding tert-OH is 1. The molecule has 0 aliphatic rings. The molecule has 0 aromatic rings. The first-order valence-electron chi connectivity index (χ1n) is 41.2. The fourth-order valence-corrected chi connectivity index (χ4v) is 13.8. The topological polar surface area (TPSA) is 105 Å². The number of hydrogen-bond donors (Lipinski definition) is 3. The van der Waals surface area contributed by atoms with Crippen molar-refractivity contribution >= 4 is 13.7 Å². The van der Waals surface area contributed by atoms with Crippen LogP contribution in [0.2, 0.25) is 0 Å². The van der Waals surface area contributed by atoms with Crippen LogP contribution >= 0.6 is 7.82 Å². The van der Waals surface area contributed by atoms with Crippen LogP contribution in [0.3, 0.4) is 0 Å². The van der Waals surface area contributed by atoms with Crippen molar-refractivity contribution in [3.05, 3.63) is 24.3 Å². The summed E-state index contributed by atoms with van der Waals surface area (Å²) in [6.45, 7) is 4.88. The molecular weight excluding hydrogens is 1140 g/mol. The van der Waals surface area contributed by atoms with Gasteiger partial charge in [-0.05, 0) is 32.1 Å². The number of quaternary nitrogens is 1. The number of phosphoric acid groups is 1. The second-order valence-electron chi connectivity index (χ2n) is 29.9. The van der Waals surface area contributed by atoms with E-state index >= 15 is 0 Å². The van der Waals surface area contributed by atoms with E-state index in [1.165, 1.54) is 385 Å². The highest BCUT2D eigenvalue weighted by Crippen LogP contribution is 2.43. The van der Waals surface area contributed by atoms with Crippen molar-refractivity contribution in [3.63, 3.8) is 0 Å². The first-order chi connectivity index (χ1) is 44.5. The van der Waals surface area contributed by atoms with Gasteiger partial charge in [0.2, 0.25) is 5.91 Å². The van der Waals surface area contributed by atoms with Gasteiger partial charge in [0.1, 0.15) is 13.2 Å². The highest BCUT2D eigenvalue weighted by Gasteiger charge is 2.28. The Morgan fingerprint density at radius 2 is 0.604 bits per heavy atom. The zero-order valence-corrected chi connectivity index (χ0v) is 63.3. The number of phosphoric ester groups is 1. The van der Waals surface area contributed by atoms with Gasteiger partial charge in [-0.3, -0.25) is 13.8 Å². The number of unbranched alkanes of at least 4 members (excludes halogenated alkanes) is 63. The average Bonchev–Trinajstić information content (AvgIpc) is 3.73. The second-order valence-corrected chi connectivity index (χ2v) is 31.3. The van der Waals surface area contributed by atoms with Gasteiger partial charge in [0, 0.05) is 6.42 Å². The van der Waals surface area contributed by atoms with Crippen LogP contribution in [0.4, 0.5) is 0 Å². The summed E-state index contributed by atoms with van der Waals surface area (Å²) in [4.78, 5) is 23.5. The van der Waals surface area contributed by atoms with Crippen LogP contribution in [-0.2, 0) is 18.4 Å². The summed E-state index contributed by atoms with van der Waals surface area (Å²) in [5.41, 5.74) is 0. The smallest absolute Gasteiger partial charge is 0.387 e. The molecule has 0 saturated carbocycles. The SMILES string of the molecule is CCCCCCCCCCCCCCCCCCCCCCCCCCC/C=C/CC/C=C/C(O)C(COP(=O)(O)OCC[N+](C)(C)C)NC(=O)CCCCCCCCCCCCCCCCCCCCCCCCCCCCCCCCCCCCCCCC. The van der Waals surface area contributed by atoms with E-state index in [0.29, 0.717) is 17.4 Å². The van der Waals surface area contributed by atoms with E-state index in [1.54, 1.807) is 6.08 Å². The Kier molecular flexibility index (Phi) is 72.4. The summed E-state index contributed by atoms with van der Waals surface area (Å²) in [7, 11) is 1.58. The summed E-state index contributed by atoms with van der Waals surface area (Å²) in [5, 5.41) is 14.0. The minimum absolute atomic E-state index is 0.0593. The van der Waals surface area contributed by atoms with E-state index < -0.39 is 20.0 Å². The number of likely N-dealkylation sites (N-methyl/N-ethyl adjacent to an activating group) is 1. The molecule has 0 rings (SSSR count). The lowest BCUT2D eigenvalue weighted by Gasteiger charge is -2.25. The van der Waals surface area contributed by atoms with Crippen molar-refractivity contribution in [3.8, 4) is 0 Å². The van der Waals surface area contributed by atoms with Gasteiger partial charge < -0.3 is 19.8 Å². The highest BCUT2D eigenvalue weighted by molar-refractivity contribution is 7.47. The van der Waals surface area contributed by atoms with Gasteiger partial charge in [0.15, 0.2) is 0 Å². The van der Waals surface area contributed by atoms with E-state index in [-0.39, 0.29) is 19.1 Å². The molecule has 542 valence electrons. The van der Waals surface area contributed by atoms with E-state index in [2.05, 4.69) is 31.3 Å². The van der Waals surface area contributed by atoms with E-state index in [4.69, 9.17) is 9.05 Å². The maximum absolute atomic E-state index is 13.1. The molecule has 1 amide bonds. The van der Waals surface area contributed by atoms with Gasteiger partial charge in [0.25, 0.3) is 0 Å². The van der Waals surface area contributed by atoms with Gasteiger partial charge in [-0.25, -0.2) is 4.57 Å². The maximum atomic E-state index is 13.1. The summed E-state index contributed by atoms with van der Waals surface area (Å²) in [6.07, 6.45) is 98.3. The Morgan fingerprint density at radius 1 is 0.363 bits per heavy atom. The van der Waals surface area contributed by atoms with Crippen LogP contribution in [0.25, 0.3) is 0 Å². The molecule has 0 spiro atoms. The molecule has 0 aliphatic carbocycles. The Bertz CT molecular complexity index is 1530. The molecule has 3 N–H and O–H groups in total. The molecule has 0 heterocycles. The molecule has 9 heteroatoms. The Morgan fingerprint density at radius 3 is 0.879 bits per heavy atom. The van der Waals surface area contributed by atoms with Crippen molar-refractivity contribution in [1.29, 1.82) is 0 Å². The molecular formula is C82H164N2O6P+. The predicted octanol–water partition coefficient (Wildman–Crippen LogP) is 27.0. The minimum Gasteiger partial charge on any atom is -0.387 e. The molecule has 3 atom stereocenters. The molecule has 0 aromatic heterocycles. The summed E-state index contributed by atoms with van der Waals surface area (Å²) < 4.78 is 23.9. The maximum Gasteiger partial charge on any atom is 0.472 e. The van der Waals surface area contributed by atoms with Crippen LogP contribution in [0.1, 0.15) is 444 Å². The van der Waals surface area contributed by atoms with Crippen molar-refractivity contribution < 1.29 is 32.9 Å². The molecule has 91 heavy (non-hydrogen) atoms. The first-order valence-corrected chi connectivity index (χ1v) is 42.7. The summed E-state index contributed by atoms with van der Waals surface area (Å²) in [5.74, 6) is -0.176. The molecule has 0 radical (unpaired) electrons. The molecule has 3 unspecified atom stereocenters. The lowest BCUT2D eigenvalue weighted by atomic mass is 10.0. The lowest BCUT2D eigenvalue weighted by Crippen LogP contribution is -2.45. The summed E-state index contributed by atoms with van der Waals surface area (Å²) in [6, 6.07) is -0.863. The number of hydrogen-bond acceptors (Lipinski definition) is 5. The van der Waals surface area contributed by atoms with Crippen molar-refractivity contribution in [2.75, 3.05) is 40.9 Å². The normalized spacial score (nSPS) is 13.5. The second kappa shape index (κ2) is 73.2. The number of rotatable bonds is 78. The zero-order valence-electron chi connectivity index (χ0n) is 62.4. The van der Waals surface area contributed by atoms with E-state index in [1.807, 2.05) is 27.2 Å². The van der Waals surface area contributed by atoms with Gasteiger partial charge in [0.05, 0.1) is 39.9 Å². The van der Waals surface area contributed by atoms with Crippen LogP contribution < -0.4 is 5.32 Å². The van der Waals surface area contributed by atoms with Gasteiger partial charge in [-0.2, -0.15) is 0 Å². The number of aliphatic hydroxyl groups is 1. The molecule has 8 nitrogen and oxygen atoms in total. The Balaban J connectivity index is 3.93. The van der Waals surface area contributed by atoms with Crippen molar-refractivity contribution in [2.24, 2.45) is 0 Å². The summed E-state index contributed by atoms with van der Waals surface area (Å²) >= 11 is 0. The number of allylic oxidation sites excluding steroid dienone is 3. The van der Waals surface area contributed by atoms with Crippen LogP contribution in [-0.4, -0.2) is 73.4 Å². The molecule has 0 bridgehead atoms. The number of nitrogens with one attached hydrogen (secondary N) is 1. The Labute approximate surface area is 570 Å². The third-order valence-corrected chi connectivity index (χ3v) is 20.4. The fraction of sp³-hybridized carbons (Fsp3) is 0.939. The largest absolute Gasteiger partial charge is 0.472 e.